The molecular weight excluding hydrogens is 242 g/mol. The molecule has 1 aromatic rings. The van der Waals surface area contributed by atoms with Crippen LogP contribution in [0, 0.1) is 12.8 Å². The first-order chi connectivity index (χ1) is 9.08. The SMILES string of the molecule is Cc1cc(C(=O)O)ccc1NC(=O)C1CCCCC1. The molecule has 1 amide bonds. The fourth-order valence-corrected chi connectivity index (χ4v) is 2.54. The molecular formula is C15H19NO3. The number of carbonyl (C=O) groups excluding carboxylic acids is 1. The Kier molecular flexibility index (Phi) is 4.20. The number of amides is 1. The van der Waals surface area contributed by atoms with Crippen molar-refractivity contribution in [3.05, 3.63) is 29.3 Å². The Balaban J connectivity index is 2.06. The highest BCUT2D eigenvalue weighted by Crippen LogP contribution is 2.25. The fraction of sp³-hybridized carbons (Fsp3) is 0.467. The summed E-state index contributed by atoms with van der Waals surface area (Å²) >= 11 is 0. The molecule has 1 aromatic carbocycles. The summed E-state index contributed by atoms with van der Waals surface area (Å²) in [6, 6.07) is 4.77. The average molecular weight is 261 g/mol. The van der Waals surface area contributed by atoms with Crippen molar-refractivity contribution in [3.63, 3.8) is 0 Å². The minimum Gasteiger partial charge on any atom is -0.478 e. The van der Waals surface area contributed by atoms with Crippen LogP contribution in [0.3, 0.4) is 0 Å². The molecule has 0 aliphatic heterocycles. The van der Waals surface area contributed by atoms with Crippen LogP contribution in [0.2, 0.25) is 0 Å². The lowest BCUT2D eigenvalue weighted by Gasteiger charge is -2.21. The van der Waals surface area contributed by atoms with E-state index in [0.717, 1.165) is 31.2 Å². The van der Waals surface area contributed by atoms with E-state index < -0.39 is 5.97 Å². The van der Waals surface area contributed by atoms with E-state index in [4.69, 9.17) is 5.11 Å². The van der Waals surface area contributed by atoms with Gasteiger partial charge in [-0.2, -0.15) is 0 Å². The molecule has 0 saturated heterocycles. The first-order valence-electron chi connectivity index (χ1n) is 6.73. The second-order valence-corrected chi connectivity index (χ2v) is 5.16. The zero-order valence-electron chi connectivity index (χ0n) is 11.1. The number of hydrogen-bond acceptors (Lipinski definition) is 2. The van der Waals surface area contributed by atoms with Gasteiger partial charge in [-0.25, -0.2) is 4.79 Å². The molecule has 2 rings (SSSR count). The number of aryl methyl sites for hydroxylation is 1. The molecule has 102 valence electrons. The normalized spacial score (nSPS) is 16.1. The number of carboxylic acids is 1. The summed E-state index contributed by atoms with van der Waals surface area (Å²) < 4.78 is 0. The molecule has 4 heteroatoms. The highest BCUT2D eigenvalue weighted by Gasteiger charge is 2.21. The van der Waals surface area contributed by atoms with Gasteiger partial charge >= 0.3 is 5.97 Å². The van der Waals surface area contributed by atoms with Crippen LogP contribution in [0.1, 0.15) is 48.0 Å². The summed E-state index contributed by atoms with van der Waals surface area (Å²) in [7, 11) is 0. The Hall–Kier alpha value is -1.84. The maximum Gasteiger partial charge on any atom is 0.335 e. The molecule has 0 aromatic heterocycles. The molecule has 0 unspecified atom stereocenters. The molecule has 0 spiro atoms. The third kappa shape index (κ3) is 3.34. The van der Waals surface area contributed by atoms with Gasteiger partial charge in [-0.15, -0.1) is 0 Å². The van der Waals surface area contributed by atoms with E-state index in [1.54, 1.807) is 12.1 Å². The van der Waals surface area contributed by atoms with Gasteiger partial charge in [0.1, 0.15) is 0 Å². The second kappa shape index (κ2) is 5.87. The summed E-state index contributed by atoms with van der Waals surface area (Å²) in [5, 5.41) is 11.8. The molecule has 0 atom stereocenters. The molecule has 0 heterocycles. The molecule has 0 bridgehead atoms. The van der Waals surface area contributed by atoms with Gasteiger partial charge in [0.2, 0.25) is 5.91 Å². The lowest BCUT2D eigenvalue weighted by atomic mass is 9.88. The van der Waals surface area contributed by atoms with Crippen molar-refractivity contribution in [2.75, 3.05) is 5.32 Å². The third-order valence-electron chi connectivity index (χ3n) is 3.71. The van der Waals surface area contributed by atoms with Crippen molar-refractivity contribution in [2.45, 2.75) is 39.0 Å². The van der Waals surface area contributed by atoms with Crippen LogP contribution in [0.4, 0.5) is 5.69 Å². The smallest absolute Gasteiger partial charge is 0.335 e. The van der Waals surface area contributed by atoms with Crippen LogP contribution in [-0.4, -0.2) is 17.0 Å². The largest absolute Gasteiger partial charge is 0.478 e. The molecule has 1 fully saturated rings. The Labute approximate surface area is 112 Å². The fourth-order valence-electron chi connectivity index (χ4n) is 2.54. The zero-order chi connectivity index (χ0) is 13.8. The second-order valence-electron chi connectivity index (χ2n) is 5.16. The summed E-state index contributed by atoms with van der Waals surface area (Å²) in [5.74, 6) is -0.786. The van der Waals surface area contributed by atoms with Crippen LogP contribution < -0.4 is 5.32 Å². The maximum atomic E-state index is 12.1. The highest BCUT2D eigenvalue weighted by atomic mass is 16.4. The van der Waals surface area contributed by atoms with E-state index in [2.05, 4.69) is 5.32 Å². The predicted molar refractivity (Wildman–Crippen MR) is 73.3 cm³/mol. The van der Waals surface area contributed by atoms with Crippen LogP contribution in [-0.2, 0) is 4.79 Å². The average Bonchev–Trinajstić information content (AvgIpc) is 2.41. The van der Waals surface area contributed by atoms with Crippen LogP contribution in [0.25, 0.3) is 0 Å². The lowest BCUT2D eigenvalue weighted by Crippen LogP contribution is -2.25. The van der Waals surface area contributed by atoms with Gasteiger partial charge in [-0.3, -0.25) is 4.79 Å². The van der Waals surface area contributed by atoms with Gasteiger partial charge in [0.05, 0.1) is 5.56 Å². The van der Waals surface area contributed by atoms with Crippen molar-refractivity contribution in [3.8, 4) is 0 Å². The molecule has 1 aliphatic rings. The molecule has 2 N–H and O–H groups in total. The molecule has 1 aliphatic carbocycles. The van der Waals surface area contributed by atoms with Crippen molar-refractivity contribution in [2.24, 2.45) is 5.92 Å². The molecule has 19 heavy (non-hydrogen) atoms. The first kappa shape index (κ1) is 13.6. The van der Waals surface area contributed by atoms with Crippen LogP contribution in [0.15, 0.2) is 18.2 Å². The first-order valence-corrected chi connectivity index (χ1v) is 6.73. The highest BCUT2D eigenvalue weighted by molar-refractivity contribution is 5.94. The van der Waals surface area contributed by atoms with E-state index in [-0.39, 0.29) is 17.4 Å². The predicted octanol–water partition coefficient (Wildman–Crippen LogP) is 3.21. The Morgan fingerprint density at radius 2 is 1.89 bits per heavy atom. The Morgan fingerprint density at radius 3 is 2.47 bits per heavy atom. The van der Waals surface area contributed by atoms with E-state index in [1.165, 1.54) is 12.5 Å². The molecule has 4 nitrogen and oxygen atoms in total. The van der Waals surface area contributed by atoms with E-state index in [1.807, 2.05) is 6.92 Å². The summed E-state index contributed by atoms with van der Waals surface area (Å²) in [5.41, 5.74) is 1.73. The number of benzene rings is 1. The van der Waals surface area contributed by atoms with Gasteiger partial charge in [0, 0.05) is 11.6 Å². The van der Waals surface area contributed by atoms with Crippen molar-refractivity contribution in [1.29, 1.82) is 0 Å². The quantitative estimate of drug-likeness (QED) is 0.878. The van der Waals surface area contributed by atoms with E-state index in [9.17, 15) is 9.59 Å². The number of aromatic carboxylic acids is 1. The number of nitrogens with one attached hydrogen (secondary N) is 1. The maximum absolute atomic E-state index is 12.1. The summed E-state index contributed by atoms with van der Waals surface area (Å²) in [6.07, 6.45) is 5.37. The lowest BCUT2D eigenvalue weighted by molar-refractivity contribution is -0.120. The Morgan fingerprint density at radius 1 is 1.21 bits per heavy atom. The number of carbonyl (C=O) groups is 2. The summed E-state index contributed by atoms with van der Waals surface area (Å²) in [4.78, 5) is 23.0. The minimum atomic E-state index is -0.951. The third-order valence-corrected chi connectivity index (χ3v) is 3.71. The van der Waals surface area contributed by atoms with Crippen molar-refractivity contribution >= 4 is 17.6 Å². The van der Waals surface area contributed by atoms with Gasteiger partial charge in [-0.1, -0.05) is 19.3 Å². The zero-order valence-corrected chi connectivity index (χ0v) is 11.1. The van der Waals surface area contributed by atoms with Crippen molar-refractivity contribution < 1.29 is 14.7 Å². The molecule has 0 radical (unpaired) electrons. The topological polar surface area (TPSA) is 66.4 Å². The molecule has 1 saturated carbocycles. The number of rotatable bonds is 3. The summed E-state index contributed by atoms with van der Waals surface area (Å²) in [6.45, 7) is 1.81. The van der Waals surface area contributed by atoms with E-state index in [0.29, 0.717) is 5.69 Å². The van der Waals surface area contributed by atoms with Gasteiger partial charge in [0.25, 0.3) is 0 Å². The number of carboxylic acid groups (broad SMARTS) is 1. The van der Waals surface area contributed by atoms with Crippen LogP contribution >= 0.6 is 0 Å². The minimum absolute atomic E-state index is 0.0610. The van der Waals surface area contributed by atoms with Gasteiger partial charge in [-0.05, 0) is 43.5 Å². The van der Waals surface area contributed by atoms with E-state index >= 15 is 0 Å². The Bertz CT molecular complexity index is 490. The monoisotopic (exact) mass is 261 g/mol. The van der Waals surface area contributed by atoms with Crippen LogP contribution in [0.5, 0.6) is 0 Å². The van der Waals surface area contributed by atoms with Gasteiger partial charge in [0.15, 0.2) is 0 Å². The standard InChI is InChI=1S/C15H19NO3/c1-10-9-12(15(18)19)7-8-13(10)16-14(17)11-5-3-2-4-6-11/h7-9,11H,2-6H2,1H3,(H,16,17)(H,18,19). The van der Waals surface area contributed by atoms with Crippen molar-refractivity contribution in [1.82, 2.24) is 0 Å². The number of hydrogen-bond donors (Lipinski definition) is 2. The van der Waals surface area contributed by atoms with Gasteiger partial charge < -0.3 is 10.4 Å². The number of anilines is 1.